The van der Waals surface area contributed by atoms with Crippen molar-refractivity contribution in [3.63, 3.8) is 0 Å². The van der Waals surface area contributed by atoms with E-state index < -0.39 is 17.9 Å². The van der Waals surface area contributed by atoms with Crippen molar-refractivity contribution in [1.82, 2.24) is 4.90 Å². The van der Waals surface area contributed by atoms with Crippen molar-refractivity contribution in [2.45, 2.75) is 26.3 Å². The number of hydrogen-bond donors (Lipinski definition) is 3. The minimum Gasteiger partial charge on any atom is -0.507 e. The van der Waals surface area contributed by atoms with Crippen LogP contribution in [0.3, 0.4) is 0 Å². The molecule has 0 saturated heterocycles. The molecule has 0 aromatic heterocycles. The van der Waals surface area contributed by atoms with Gasteiger partial charge < -0.3 is 20.2 Å². The van der Waals surface area contributed by atoms with E-state index in [0.717, 1.165) is 0 Å². The number of phenols is 2. The molecule has 0 spiro atoms. The number of amides is 1. The van der Waals surface area contributed by atoms with Crippen molar-refractivity contribution in [3.8, 4) is 11.5 Å². The topological polar surface area (TPSA) is 98.1 Å². The molecule has 0 radical (unpaired) electrons. The Morgan fingerprint density at radius 3 is 2.21 bits per heavy atom. The second-order valence-electron chi connectivity index (χ2n) is 4.21. The van der Waals surface area contributed by atoms with E-state index in [0.29, 0.717) is 0 Å². The minimum absolute atomic E-state index is 0.200. The highest BCUT2D eigenvalue weighted by Crippen LogP contribution is 2.28. The Morgan fingerprint density at radius 1 is 1.26 bits per heavy atom. The zero-order chi connectivity index (χ0) is 14.6. The van der Waals surface area contributed by atoms with Gasteiger partial charge in [-0.2, -0.15) is 0 Å². The van der Waals surface area contributed by atoms with Gasteiger partial charge in [0.05, 0.1) is 6.42 Å². The molecule has 1 rings (SSSR count). The van der Waals surface area contributed by atoms with Crippen LogP contribution >= 0.6 is 0 Å². The molecular weight excluding hydrogens is 250 g/mol. The Bertz CT molecular complexity index is 466. The van der Waals surface area contributed by atoms with Gasteiger partial charge in [-0.25, -0.2) is 0 Å². The monoisotopic (exact) mass is 267 g/mol. The number of benzene rings is 1. The van der Waals surface area contributed by atoms with Gasteiger partial charge in [-0.15, -0.1) is 0 Å². The molecule has 1 amide bonds. The van der Waals surface area contributed by atoms with Crippen LogP contribution in [0.15, 0.2) is 18.2 Å². The third kappa shape index (κ3) is 3.37. The average Bonchev–Trinajstić information content (AvgIpc) is 2.28. The van der Waals surface area contributed by atoms with Crippen molar-refractivity contribution in [2.24, 2.45) is 0 Å². The van der Waals surface area contributed by atoms with Crippen molar-refractivity contribution in [3.05, 3.63) is 23.8 Å². The molecule has 0 saturated carbocycles. The number of carbonyl (C=O) groups is 2. The van der Waals surface area contributed by atoms with Gasteiger partial charge in [-0.3, -0.25) is 9.59 Å². The first kappa shape index (κ1) is 14.8. The maximum absolute atomic E-state index is 12.3. The first-order valence-electron chi connectivity index (χ1n) is 5.92. The van der Waals surface area contributed by atoms with E-state index >= 15 is 0 Å². The summed E-state index contributed by atoms with van der Waals surface area (Å²) in [4.78, 5) is 24.2. The smallest absolute Gasteiger partial charge is 0.305 e. The van der Waals surface area contributed by atoms with Crippen molar-refractivity contribution >= 4 is 11.9 Å². The highest BCUT2D eigenvalue weighted by molar-refractivity contribution is 5.99. The molecule has 0 aliphatic rings. The summed E-state index contributed by atoms with van der Waals surface area (Å²) in [5, 5.41) is 28.0. The van der Waals surface area contributed by atoms with E-state index in [2.05, 4.69) is 0 Å². The Kier molecular flexibility index (Phi) is 4.74. The molecule has 0 bridgehead atoms. The summed E-state index contributed by atoms with van der Waals surface area (Å²) in [6, 6.07) is 3.47. The second-order valence-corrected chi connectivity index (χ2v) is 4.21. The van der Waals surface area contributed by atoms with E-state index in [1.54, 1.807) is 13.8 Å². The maximum Gasteiger partial charge on any atom is 0.305 e. The summed E-state index contributed by atoms with van der Waals surface area (Å²) in [7, 11) is 0. The molecule has 6 heteroatoms. The molecule has 19 heavy (non-hydrogen) atoms. The lowest BCUT2D eigenvalue weighted by atomic mass is 10.1. The third-order valence-corrected chi connectivity index (χ3v) is 2.84. The molecule has 1 aromatic rings. The van der Waals surface area contributed by atoms with Crippen molar-refractivity contribution in [2.75, 3.05) is 6.54 Å². The number of nitrogens with zero attached hydrogens (tertiary/aromatic N) is 1. The lowest BCUT2D eigenvalue weighted by Gasteiger charge is -2.27. The molecule has 104 valence electrons. The number of carboxylic acids is 1. The van der Waals surface area contributed by atoms with Gasteiger partial charge >= 0.3 is 5.97 Å². The van der Waals surface area contributed by atoms with Gasteiger partial charge in [0.15, 0.2) is 0 Å². The number of aromatic hydroxyl groups is 2. The molecule has 1 unspecified atom stereocenters. The lowest BCUT2D eigenvalue weighted by molar-refractivity contribution is -0.138. The highest BCUT2D eigenvalue weighted by atomic mass is 16.4. The Hall–Kier alpha value is -2.24. The van der Waals surface area contributed by atoms with Crippen LogP contribution in [-0.2, 0) is 4.79 Å². The number of rotatable bonds is 5. The summed E-state index contributed by atoms with van der Waals surface area (Å²) in [5.74, 6) is -2.26. The summed E-state index contributed by atoms with van der Waals surface area (Å²) >= 11 is 0. The molecule has 0 fully saturated rings. The predicted molar refractivity (Wildman–Crippen MR) is 68.2 cm³/mol. The fraction of sp³-hybridized carbons (Fsp3) is 0.385. The summed E-state index contributed by atoms with van der Waals surface area (Å²) in [6.07, 6.45) is -0.200. The molecule has 0 heterocycles. The van der Waals surface area contributed by atoms with Crippen molar-refractivity contribution in [1.29, 1.82) is 0 Å². The SMILES string of the molecule is CCN(C(=O)c1c(O)cccc1O)C(C)CC(=O)O. The molecule has 0 aliphatic heterocycles. The first-order valence-corrected chi connectivity index (χ1v) is 5.92. The molecule has 0 aliphatic carbocycles. The van der Waals surface area contributed by atoms with E-state index in [4.69, 9.17) is 5.11 Å². The number of aliphatic carboxylic acids is 1. The van der Waals surface area contributed by atoms with Crippen molar-refractivity contribution < 1.29 is 24.9 Å². The number of phenolic OH excluding ortho intramolecular Hbond substituents is 2. The van der Waals surface area contributed by atoms with E-state index in [9.17, 15) is 19.8 Å². The molecular formula is C13H17NO5. The maximum atomic E-state index is 12.3. The summed E-state index contributed by atoms with van der Waals surface area (Å²) in [5.41, 5.74) is -0.207. The molecule has 6 nitrogen and oxygen atoms in total. The van der Waals surface area contributed by atoms with Gasteiger partial charge in [0.1, 0.15) is 17.1 Å². The van der Waals surface area contributed by atoms with Gasteiger partial charge in [0, 0.05) is 12.6 Å². The average molecular weight is 267 g/mol. The van der Waals surface area contributed by atoms with Crippen LogP contribution in [0.2, 0.25) is 0 Å². The zero-order valence-corrected chi connectivity index (χ0v) is 10.8. The van der Waals surface area contributed by atoms with Gasteiger partial charge in [-0.05, 0) is 26.0 Å². The predicted octanol–water partition coefficient (Wildman–Crippen LogP) is 1.42. The fourth-order valence-electron chi connectivity index (χ4n) is 1.91. The lowest BCUT2D eigenvalue weighted by Crippen LogP contribution is -2.39. The standard InChI is InChI=1S/C13H17NO5/c1-3-14(8(2)7-11(17)18)13(19)12-9(15)5-4-6-10(12)16/h4-6,8,15-16H,3,7H2,1-2H3,(H,17,18). The van der Waals surface area contributed by atoms with Crippen LogP contribution in [0.4, 0.5) is 0 Å². The molecule has 1 atom stereocenters. The van der Waals surface area contributed by atoms with Crippen LogP contribution in [0.1, 0.15) is 30.6 Å². The minimum atomic E-state index is -1.01. The van der Waals surface area contributed by atoms with Crippen LogP contribution in [0.25, 0.3) is 0 Å². The van der Waals surface area contributed by atoms with Gasteiger partial charge in [-0.1, -0.05) is 6.07 Å². The van der Waals surface area contributed by atoms with Crippen LogP contribution in [0.5, 0.6) is 11.5 Å². The molecule has 1 aromatic carbocycles. The Morgan fingerprint density at radius 2 is 1.79 bits per heavy atom. The highest BCUT2D eigenvalue weighted by Gasteiger charge is 2.26. The normalized spacial score (nSPS) is 11.9. The van der Waals surface area contributed by atoms with E-state index in [-0.39, 0.29) is 30.0 Å². The van der Waals surface area contributed by atoms with Crippen LogP contribution < -0.4 is 0 Å². The fourth-order valence-corrected chi connectivity index (χ4v) is 1.91. The first-order chi connectivity index (χ1) is 8.88. The quantitative estimate of drug-likeness (QED) is 0.749. The third-order valence-electron chi connectivity index (χ3n) is 2.84. The van der Waals surface area contributed by atoms with Crippen LogP contribution in [-0.4, -0.2) is 44.7 Å². The largest absolute Gasteiger partial charge is 0.507 e. The van der Waals surface area contributed by atoms with Crippen LogP contribution in [0, 0.1) is 0 Å². The number of hydrogen-bond acceptors (Lipinski definition) is 4. The second kappa shape index (κ2) is 6.08. The van der Waals surface area contributed by atoms with Gasteiger partial charge in [0.25, 0.3) is 5.91 Å². The van der Waals surface area contributed by atoms with E-state index in [1.165, 1.54) is 23.1 Å². The summed E-state index contributed by atoms with van der Waals surface area (Å²) in [6.45, 7) is 3.58. The number of carbonyl (C=O) groups excluding carboxylic acids is 1. The zero-order valence-electron chi connectivity index (χ0n) is 10.8. The molecule has 3 N–H and O–H groups in total. The Labute approximate surface area is 110 Å². The van der Waals surface area contributed by atoms with Gasteiger partial charge in [0.2, 0.25) is 0 Å². The Balaban J connectivity index is 3.05. The summed E-state index contributed by atoms with van der Waals surface area (Å²) < 4.78 is 0. The number of carboxylic acid groups (broad SMARTS) is 1. The van der Waals surface area contributed by atoms with E-state index in [1.807, 2.05) is 0 Å².